The first-order valence-corrected chi connectivity index (χ1v) is 7.12. The van der Waals surface area contributed by atoms with Crippen LogP contribution < -0.4 is 4.74 Å². The number of hydrogen-bond acceptors (Lipinski definition) is 4. The van der Waals surface area contributed by atoms with Crippen molar-refractivity contribution in [1.29, 1.82) is 0 Å². The van der Waals surface area contributed by atoms with Gasteiger partial charge in [-0.2, -0.15) is 5.10 Å². The zero-order valence-corrected chi connectivity index (χ0v) is 13.6. The SMILES string of the molecule is COc1cc(F)ccc1C(C(=O)O)N(C)Cc1c(C)n[nH]c1C. The van der Waals surface area contributed by atoms with Gasteiger partial charge in [-0.3, -0.25) is 14.8 Å². The number of aromatic nitrogens is 2. The monoisotopic (exact) mass is 321 g/mol. The Morgan fingerprint density at radius 2 is 2.17 bits per heavy atom. The van der Waals surface area contributed by atoms with Crippen molar-refractivity contribution < 1.29 is 19.0 Å². The number of ether oxygens (including phenoxy) is 1. The summed E-state index contributed by atoms with van der Waals surface area (Å²) in [5, 5.41) is 16.6. The zero-order chi connectivity index (χ0) is 17.1. The number of aromatic amines is 1. The van der Waals surface area contributed by atoms with Crippen molar-refractivity contribution in [3.63, 3.8) is 0 Å². The summed E-state index contributed by atoms with van der Waals surface area (Å²) in [6.45, 7) is 4.14. The van der Waals surface area contributed by atoms with Crippen LogP contribution in [-0.4, -0.2) is 40.3 Å². The molecule has 0 bridgehead atoms. The molecule has 7 heteroatoms. The summed E-state index contributed by atoms with van der Waals surface area (Å²) in [7, 11) is 3.09. The van der Waals surface area contributed by atoms with Gasteiger partial charge >= 0.3 is 5.97 Å². The van der Waals surface area contributed by atoms with Gasteiger partial charge in [-0.1, -0.05) is 6.07 Å². The first-order chi connectivity index (χ1) is 10.8. The Kier molecular flexibility index (Phi) is 5.00. The van der Waals surface area contributed by atoms with Gasteiger partial charge in [0.15, 0.2) is 0 Å². The molecule has 0 spiro atoms. The molecule has 0 aliphatic rings. The summed E-state index contributed by atoms with van der Waals surface area (Å²) in [6, 6.07) is 2.90. The standard InChI is InChI=1S/C16H20FN3O3/c1-9-13(10(2)19-18-9)8-20(3)15(16(21)22)12-6-5-11(17)7-14(12)23-4/h5-7,15H,8H2,1-4H3,(H,18,19)(H,21,22). The quantitative estimate of drug-likeness (QED) is 0.854. The highest BCUT2D eigenvalue weighted by Gasteiger charge is 2.29. The van der Waals surface area contributed by atoms with Crippen LogP contribution in [0.25, 0.3) is 0 Å². The van der Waals surface area contributed by atoms with Gasteiger partial charge in [-0.15, -0.1) is 0 Å². The van der Waals surface area contributed by atoms with Gasteiger partial charge in [0.25, 0.3) is 0 Å². The van der Waals surface area contributed by atoms with Crippen molar-refractivity contribution in [1.82, 2.24) is 15.1 Å². The smallest absolute Gasteiger partial charge is 0.325 e. The van der Waals surface area contributed by atoms with Crippen LogP contribution in [0, 0.1) is 19.7 Å². The molecule has 0 fully saturated rings. The molecule has 23 heavy (non-hydrogen) atoms. The second-order valence-corrected chi connectivity index (χ2v) is 5.45. The summed E-state index contributed by atoms with van der Waals surface area (Å²) in [6.07, 6.45) is 0. The van der Waals surface area contributed by atoms with Crippen LogP contribution >= 0.6 is 0 Å². The number of halogens is 1. The Hall–Kier alpha value is -2.41. The maximum absolute atomic E-state index is 13.4. The predicted octanol–water partition coefficient (Wildman–Crippen LogP) is 2.43. The third kappa shape index (κ3) is 3.50. The Morgan fingerprint density at radius 3 is 2.70 bits per heavy atom. The van der Waals surface area contributed by atoms with E-state index in [0.717, 1.165) is 17.0 Å². The fourth-order valence-corrected chi connectivity index (χ4v) is 2.62. The molecular weight excluding hydrogens is 301 g/mol. The van der Waals surface area contributed by atoms with E-state index in [1.54, 1.807) is 11.9 Å². The number of carboxylic acid groups (broad SMARTS) is 1. The van der Waals surface area contributed by atoms with Crippen LogP contribution in [0.5, 0.6) is 5.75 Å². The van der Waals surface area contributed by atoms with Gasteiger partial charge < -0.3 is 9.84 Å². The summed E-state index contributed by atoms with van der Waals surface area (Å²) >= 11 is 0. The minimum absolute atomic E-state index is 0.213. The second kappa shape index (κ2) is 6.78. The van der Waals surface area contributed by atoms with E-state index in [1.165, 1.54) is 25.3 Å². The van der Waals surface area contributed by atoms with E-state index in [-0.39, 0.29) is 5.75 Å². The van der Waals surface area contributed by atoms with Crippen molar-refractivity contribution in [3.8, 4) is 5.75 Å². The first kappa shape index (κ1) is 17.0. The van der Waals surface area contributed by atoms with E-state index in [4.69, 9.17) is 4.74 Å². The second-order valence-electron chi connectivity index (χ2n) is 5.45. The lowest BCUT2D eigenvalue weighted by molar-refractivity contribution is -0.143. The molecule has 0 aliphatic carbocycles. The van der Waals surface area contributed by atoms with Crippen LogP contribution in [0.15, 0.2) is 18.2 Å². The van der Waals surface area contributed by atoms with E-state index >= 15 is 0 Å². The van der Waals surface area contributed by atoms with Gasteiger partial charge in [0, 0.05) is 29.4 Å². The third-order valence-electron chi connectivity index (χ3n) is 3.85. The number of rotatable bonds is 6. The molecule has 0 saturated carbocycles. The zero-order valence-electron chi connectivity index (χ0n) is 13.6. The van der Waals surface area contributed by atoms with E-state index in [1.807, 2.05) is 13.8 Å². The molecule has 1 aromatic heterocycles. The number of aliphatic carboxylic acids is 1. The summed E-state index contributed by atoms with van der Waals surface area (Å²) < 4.78 is 18.5. The summed E-state index contributed by atoms with van der Waals surface area (Å²) in [5.74, 6) is -1.29. The third-order valence-corrected chi connectivity index (χ3v) is 3.85. The van der Waals surface area contributed by atoms with Gasteiger partial charge in [-0.05, 0) is 27.0 Å². The lowest BCUT2D eigenvalue weighted by Gasteiger charge is -2.26. The Labute approximate surface area is 133 Å². The average molecular weight is 321 g/mol. The maximum atomic E-state index is 13.4. The lowest BCUT2D eigenvalue weighted by Crippen LogP contribution is -2.31. The van der Waals surface area contributed by atoms with Crippen LogP contribution in [0.4, 0.5) is 4.39 Å². The summed E-state index contributed by atoms with van der Waals surface area (Å²) in [5.41, 5.74) is 3.07. The molecule has 2 N–H and O–H groups in total. The van der Waals surface area contributed by atoms with E-state index < -0.39 is 17.8 Å². The molecule has 1 atom stereocenters. The number of nitrogens with one attached hydrogen (secondary N) is 1. The van der Waals surface area contributed by atoms with E-state index in [0.29, 0.717) is 12.1 Å². The summed E-state index contributed by atoms with van der Waals surface area (Å²) in [4.78, 5) is 13.4. The Bertz CT molecular complexity index is 695. The molecule has 0 radical (unpaired) electrons. The van der Waals surface area contributed by atoms with Crippen LogP contribution in [0.1, 0.15) is 28.6 Å². The first-order valence-electron chi connectivity index (χ1n) is 7.12. The molecule has 0 aliphatic heterocycles. The normalized spacial score (nSPS) is 12.4. The van der Waals surface area contributed by atoms with Crippen molar-refractivity contribution >= 4 is 5.97 Å². The highest BCUT2D eigenvalue weighted by Crippen LogP contribution is 2.31. The number of carbonyl (C=O) groups is 1. The van der Waals surface area contributed by atoms with E-state index in [9.17, 15) is 14.3 Å². The average Bonchev–Trinajstić information content (AvgIpc) is 2.80. The molecule has 1 unspecified atom stereocenters. The number of aryl methyl sites for hydroxylation is 2. The van der Waals surface area contributed by atoms with Crippen LogP contribution in [0.2, 0.25) is 0 Å². The number of carboxylic acids is 1. The van der Waals surface area contributed by atoms with E-state index in [2.05, 4.69) is 10.2 Å². The highest BCUT2D eigenvalue weighted by atomic mass is 19.1. The van der Waals surface area contributed by atoms with Gasteiger partial charge in [0.2, 0.25) is 0 Å². The Morgan fingerprint density at radius 1 is 1.48 bits per heavy atom. The minimum atomic E-state index is -1.03. The molecule has 0 saturated heterocycles. The molecule has 2 aromatic rings. The lowest BCUT2D eigenvalue weighted by atomic mass is 10.0. The number of likely N-dealkylation sites (N-methyl/N-ethyl adjacent to an activating group) is 1. The van der Waals surface area contributed by atoms with Gasteiger partial charge in [-0.25, -0.2) is 4.39 Å². The number of H-pyrrole nitrogens is 1. The molecular formula is C16H20FN3O3. The molecule has 1 aromatic carbocycles. The molecule has 6 nitrogen and oxygen atoms in total. The topological polar surface area (TPSA) is 78.5 Å². The fraction of sp³-hybridized carbons (Fsp3) is 0.375. The molecule has 2 rings (SSSR count). The highest BCUT2D eigenvalue weighted by molar-refractivity contribution is 5.76. The molecule has 1 heterocycles. The Balaban J connectivity index is 2.37. The number of methoxy groups -OCH3 is 1. The molecule has 124 valence electrons. The van der Waals surface area contributed by atoms with Crippen molar-refractivity contribution in [3.05, 3.63) is 46.5 Å². The molecule has 0 amide bonds. The minimum Gasteiger partial charge on any atom is -0.496 e. The number of benzene rings is 1. The van der Waals surface area contributed by atoms with Crippen molar-refractivity contribution in [2.75, 3.05) is 14.2 Å². The van der Waals surface area contributed by atoms with Crippen molar-refractivity contribution in [2.45, 2.75) is 26.4 Å². The van der Waals surface area contributed by atoms with Gasteiger partial charge in [0.05, 0.1) is 12.8 Å². The number of hydrogen-bond donors (Lipinski definition) is 2. The maximum Gasteiger partial charge on any atom is 0.325 e. The van der Waals surface area contributed by atoms with Gasteiger partial charge in [0.1, 0.15) is 17.6 Å². The number of nitrogens with zero attached hydrogens (tertiary/aromatic N) is 2. The van der Waals surface area contributed by atoms with Crippen molar-refractivity contribution in [2.24, 2.45) is 0 Å². The fourth-order valence-electron chi connectivity index (χ4n) is 2.62. The van der Waals surface area contributed by atoms with Crippen LogP contribution in [0.3, 0.4) is 0 Å². The predicted molar refractivity (Wildman–Crippen MR) is 82.9 cm³/mol. The van der Waals surface area contributed by atoms with Crippen LogP contribution in [-0.2, 0) is 11.3 Å². The largest absolute Gasteiger partial charge is 0.496 e.